The molecule has 0 saturated heterocycles. The molecule has 2 heterocycles. The van der Waals surface area contributed by atoms with Gasteiger partial charge in [-0.05, 0) is 25.0 Å². The van der Waals surface area contributed by atoms with E-state index in [1.165, 1.54) is 30.6 Å². The Labute approximate surface area is 150 Å². The van der Waals surface area contributed by atoms with Crippen molar-refractivity contribution in [3.8, 4) is 0 Å². The summed E-state index contributed by atoms with van der Waals surface area (Å²) in [6, 6.07) is 10.2. The molecule has 0 bridgehead atoms. The maximum atomic E-state index is 12.9. The first-order valence-electron chi connectivity index (χ1n) is 8.40. The van der Waals surface area contributed by atoms with Gasteiger partial charge < -0.3 is 4.90 Å². The van der Waals surface area contributed by atoms with Crippen molar-refractivity contribution in [2.45, 2.75) is 38.1 Å². The Morgan fingerprint density at radius 2 is 1.96 bits per heavy atom. The monoisotopic (exact) mass is 358 g/mol. The van der Waals surface area contributed by atoms with E-state index in [0.29, 0.717) is 11.2 Å². The highest BCUT2D eigenvalue weighted by molar-refractivity contribution is 7.21. The molecule has 0 atom stereocenters. The molecule has 24 heavy (non-hydrogen) atoms. The summed E-state index contributed by atoms with van der Waals surface area (Å²) in [5.74, 6) is 0.100. The lowest BCUT2D eigenvalue weighted by Gasteiger charge is -2.30. The van der Waals surface area contributed by atoms with E-state index in [0.717, 1.165) is 38.7 Å². The van der Waals surface area contributed by atoms with Crippen molar-refractivity contribution in [1.82, 2.24) is 9.88 Å². The van der Waals surface area contributed by atoms with Gasteiger partial charge in [0.2, 0.25) is 0 Å². The number of halogens is 1. The van der Waals surface area contributed by atoms with Crippen molar-refractivity contribution in [2.75, 3.05) is 7.05 Å². The zero-order valence-electron chi connectivity index (χ0n) is 13.6. The fraction of sp³-hybridized carbons (Fsp3) is 0.368. The van der Waals surface area contributed by atoms with E-state index < -0.39 is 0 Å². The molecule has 2 aromatic heterocycles. The van der Waals surface area contributed by atoms with Crippen LogP contribution in [0.3, 0.4) is 0 Å². The average Bonchev–Trinajstić information content (AvgIpc) is 3.07. The zero-order chi connectivity index (χ0) is 16.7. The molecule has 1 amide bonds. The predicted molar refractivity (Wildman–Crippen MR) is 101 cm³/mol. The number of carbonyl (C=O) groups excluding carboxylic acids is 1. The number of benzene rings is 1. The standard InChI is InChI=1S/C19H19ClN2OS/c1-22(12-7-3-2-4-8-12)19(23)16-11-14-17(24-16)13-9-5-6-10-15(13)21-18(14)20/h5-6,9-12H,2-4,7-8H2,1H3. The van der Waals surface area contributed by atoms with Crippen LogP contribution in [0.2, 0.25) is 5.15 Å². The number of amides is 1. The number of hydrogen-bond acceptors (Lipinski definition) is 3. The van der Waals surface area contributed by atoms with Crippen LogP contribution in [0.15, 0.2) is 30.3 Å². The number of carbonyl (C=O) groups is 1. The van der Waals surface area contributed by atoms with E-state index in [-0.39, 0.29) is 5.91 Å². The topological polar surface area (TPSA) is 33.2 Å². The molecule has 3 aromatic rings. The van der Waals surface area contributed by atoms with Gasteiger partial charge in [-0.15, -0.1) is 11.3 Å². The molecule has 124 valence electrons. The number of rotatable bonds is 2. The van der Waals surface area contributed by atoms with Crippen LogP contribution in [0.4, 0.5) is 0 Å². The first-order chi connectivity index (χ1) is 11.6. The normalized spacial score (nSPS) is 15.9. The minimum absolute atomic E-state index is 0.100. The van der Waals surface area contributed by atoms with Crippen LogP contribution >= 0.6 is 22.9 Å². The molecule has 1 aromatic carbocycles. The molecule has 3 nitrogen and oxygen atoms in total. The summed E-state index contributed by atoms with van der Waals surface area (Å²) in [5.41, 5.74) is 0.872. The number of pyridine rings is 1. The largest absolute Gasteiger partial charge is 0.338 e. The molecule has 4 rings (SSSR count). The highest BCUT2D eigenvalue weighted by atomic mass is 35.5. The molecule has 0 unspecified atom stereocenters. The van der Waals surface area contributed by atoms with E-state index in [2.05, 4.69) is 4.98 Å². The van der Waals surface area contributed by atoms with Crippen LogP contribution in [0.1, 0.15) is 41.8 Å². The predicted octanol–water partition coefficient (Wildman–Crippen LogP) is 5.51. The number of hydrogen-bond donors (Lipinski definition) is 0. The van der Waals surface area contributed by atoms with Gasteiger partial charge in [-0.2, -0.15) is 0 Å². The molecular weight excluding hydrogens is 340 g/mol. The molecule has 5 heteroatoms. The minimum atomic E-state index is 0.100. The van der Waals surface area contributed by atoms with Gasteiger partial charge in [-0.3, -0.25) is 4.79 Å². The fourth-order valence-corrected chi connectivity index (χ4v) is 5.06. The Morgan fingerprint density at radius 3 is 2.75 bits per heavy atom. The second kappa shape index (κ2) is 6.34. The quantitative estimate of drug-likeness (QED) is 0.566. The van der Waals surface area contributed by atoms with E-state index >= 15 is 0 Å². The molecule has 0 N–H and O–H groups in total. The van der Waals surface area contributed by atoms with Crippen molar-refractivity contribution in [3.63, 3.8) is 0 Å². The maximum absolute atomic E-state index is 12.9. The van der Waals surface area contributed by atoms with Crippen molar-refractivity contribution in [3.05, 3.63) is 40.4 Å². The van der Waals surface area contributed by atoms with Gasteiger partial charge >= 0.3 is 0 Å². The van der Waals surface area contributed by atoms with Crippen LogP contribution in [-0.2, 0) is 0 Å². The van der Waals surface area contributed by atoms with Crippen LogP contribution in [0, 0.1) is 0 Å². The summed E-state index contributed by atoms with van der Waals surface area (Å²) >= 11 is 7.88. The highest BCUT2D eigenvalue weighted by Crippen LogP contribution is 2.36. The molecule has 1 aliphatic carbocycles. The summed E-state index contributed by atoms with van der Waals surface area (Å²) in [6.45, 7) is 0. The van der Waals surface area contributed by atoms with E-state index in [1.807, 2.05) is 42.3 Å². The number of para-hydroxylation sites is 1. The van der Waals surface area contributed by atoms with Crippen LogP contribution in [-0.4, -0.2) is 28.9 Å². The van der Waals surface area contributed by atoms with Crippen molar-refractivity contribution in [2.24, 2.45) is 0 Å². The third kappa shape index (κ3) is 2.68. The van der Waals surface area contributed by atoms with Crippen LogP contribution < -0.4 is 0 Å². The van der Waals surface area contributed by atoms with Gasteiger partial charge in [0, 0.05) is 28.6 Å². The third-order valence-electron chi connectivity index (χ3n) is 4.98. The van der Waals surface area contributed by atoms with Crippen molar-refractivity contribution in [1.29, 1.82) is 0 Å². The Morgan fingerprint density at radius 1 is 1.21 bits per heavy atom. The summed E-state index contributed by atoms with van der Waals surface area (Å²) in [7, 11) is 1.93. The summed E-state index contributed by atoms with van der Waals surface area (Å²) in [4.78, 5) is 20.1. The highest BCUT2D eigenvalue weighted by Gasteiger charge is 2.25. The number of nitrogens with zero attached hydrogens (tertiary/aromatic N) is 2. The number of thiophene rings is 1. The first-order valence-corrected chi connectivity index (χ1v) is 9.59. The lowest BCUT2D eigenvalue weighted by atomic mass is 9.94. The lowest BCUT2D eigenvalue weighted by Crippen LogP contribution is -2.37. The van der Waals surface area contributed by atoms with Crippen LogP contribution in [0.25, 0.3) is 21.0 Å². The zero-order valence-corrected chi connectivity index (χ0v) is 15.2. The molecule has 1 saturated carbocycles. The SMILES string of the molecule is CN(C(=O)c1cc2c(Cl)nc3ccccc3c2s1)C1CCCCC1. The average molecular weight is 359 g/mol. The Balaban J connectivity index is 1.75. The molecule has 0 aliphatic heterocycles. The van der Waals surface area contributed by atoms with Gasteiger partial charge in [-0.1, -0.05) is 49.1 Å². The van der Waals surface area contributed by atoms with Gasteiger partial charge in [0.05, 0.1) is 10.4 Å². The van der Waals surface area contributed by atoms with E-state index in [9.17, 15) is 4.79 Å². The fourth-order valence-electron chi connectivity index (χ4n) is 3.59. The number of fused-ring (bicyclic) bond motifs is 3. The number of aromatic nitrogens is 1. The second-order valence-corrected chi connectivity index (χ2v) is 7.89. The second-order valence-electron chi connectivity index (χ2n) is 6.48. The molecule has 0 radical (unpaired) electrons. The van der Waals surface area contributed by atoms with Crippen molar-refractivity contribution < 1.29 is 4.79 Å². The Kier molecular flexibility index (Phi) is 4.19. The van der Waals surface area contributed by atoms with Gasteiger partial charge in [-0.25, -0.2) is 4.98 Å². The van der Waals surface area contributed by atoms with Gasteiger partial charge in [0.15, 0.2) is 0 Å². The lowest BCUT2D eigenvalue weighted by molar-refractivity contribution is 0.0701. The summed E-state index contributed by atoms with van der Waals surface area (Å²) in [6.07, 6.45) is 5.94. The van der Waals surface area contributed by atoms with Gasteiger partial charge in [0.25, 0.3) is 5.91 Å². The third-order valence-corrected chi connectivity index (χ3v) is 6.42. The summed E-state index contributed by atoms with van der Waals surface area (Å²) in [5, 5.41) is 2.40. The maximum Gasteiger partial charge on any atom is 0.263 e. The molecular formula is C19H19ClN2OS. The van der Waals surface area contributed by atoms with E-state index in [4.69, 9.17) is 11.6 Å². The Hall–Kier alpha value is -1.65. The Bertz CT molecular complexity index is 914. The van der Waals surface area contributed by atoms with Crippen LogP contribution in [0.5, 0.6) is 0 Å². The van der Waals surface area contributed by atoms with E-state index in [1.54, 1.807) is 0 Å². The molecule has 1 aliphatic rings. The van der Waals surface area contributed by atoms with Gasteiger partial charge in [0.1, 0.15) is 5.15 Å². The molecule has 1 fully saturated rings. The first kappa shape index (κ1) is 15.9. The van der Waals surface area contributed by atoms with Crippen molar-refractivity contribution >= 4 is 49.8 Å². The smallest absolute Gasteiger partial charge is 0.263 e. The molecule has 0 spiro atoms. The minimum Gasteiger partial charge on any atom is -0.338 e. The summed E-state index contributed by atoms with van der Waals surface area (Å²) < 4.78 is 1.05.